The highest BCUT2D eigenvalue weighted by Crippen LogP contribution is 2.44. The second-order valence-corrected chi connectivity index (χ2v) is 4.67. The maximum atomic E-state index is 10.0. The Balaban J connectivity index is 0.00000192. The molecular weight excluding hydrogens is 328 g/mol. The molecule has 0 saturated carbocycles. The molecule has 0 bridgehead atoms. The van der Waals surface area contributed by atoms with Crippen LogP contribution in [-0.4, -0.2) is 30.6 Å². The SMILES string of the molecule is Oc1ccc(-c2[o+]c3c(O)c(O)cc(O)c3cc2O)cc1O.[Cl-]. The van der Waals surface area contributed by atoms with Gasteiger partial charge in [-0.15, -0.1) is 0 Å². The van der Waals surface area contributed by atoms with Crippen molar-refractivity contribution in [2.45, 2.75) is 0 Å². The fourth-order valence-corrected chi connectivity index (χ4v) is 2.11. The molecule has 3 aromatic rings. The van der Waals surface area contributed by atoms with Crippen molar-refractivity contribution in [2.75, 3.05) is 0 Å². The number of aromatic hydroxyl groups is 6. The van der Waals surface area contributed by atoms with Crippen molar-refractivity contribution in [2.24, 2.45) is 0 Å². The Morgan fingerprint density at radius 1 is 0.652 bits per heavy atom. The van der Waals surface area contributed by atoms with Crippen molar-refractivity contribution in [1.82, 2.24) is 0 Å². The smallest absolute Gasteiger partial charge is 0.410 e. The molecule has 1 aromatic heterocycles. The molecule has 0 saturated heterocycles. The molecular formula is C15H11ClO7. The van der Waals surface area contributed by atoms with E-state index in [4.69, 9.17) is 4.42 Å². The van der Waals surface area contributed by atoms with Gasteiger partial charge in [-0.05, 0) is 12.1 Å². The molecule has 8 heteroatoms. The van der Waals surface area contributed by atoms with Gasteiger partial charge in [0.25, 0.3) is 5.75 Å². The first-order chi connectivity index (χ1) is 10.4. The largest absolute Gasteiger partial charge is 1.00 e. The minimum absolute atomic E-state index is 0. The lowest BCUT2D eigenvalue weighted by Gasteiger charge is -2.02. The van der Waals surface area contributed by atoms with Gasteiger partial charge in [0.1, 0.15) is 11.1 Å². The van der Waals surface area contributed by atoms with Gasteiger partial charge in [-0.3, -0.25) is 0 Å². The van der Waals surface area contributed by atoms with Crippen LogP contribution >= 0.6 is 0 Å². The number of hydrogen-bond acceptors (Lipinski definition) is 6. The van der Waals surface area contributed by atoms with Crippen LogP contribution < -0.4 is 12.4 Å². The number of halogens is 1. The fraction of sp³-hybridized carbons (Fsp3) is 0. The van der Waals surface area contributed by atoms with E-state index < -0.39 is 17.2 Å². The van der Waals surface area contributed by atoms with E-state index in [-0.39, 0.29) is 51.9 Å². The van der Waals surface area contributed by atoms with Gasteiger partial charge in [0, 0.05) is 18.2 Å². The zero-order valence-electron chi connectivity index (χ0n) is 11.4. The maximum absolute atomic E-state index is 10.0. The summed E-state index contributed by atoms with van der Waals surface area (Å²) in [6.07, 6.45) is 0. The van der Waals surface area contributed by atoms with Crippen molar-refractivity contribution in [3.63, 3.8) is 0 Å². The van der Waals surface area contributed by atoms with E-state index in [0.717, 1.165) is 18.2 Å². The van der Waals surface area contributed by atoms with Crippen molar-refractivity contribution in [3.05, 3.63) is 30.3 Å². The Hall–Kier alpha value is -3.06. The molecule has 0 spiro atoms. The summed E-state index contributed by atoms with van der Waals surface area (Å²) in [6, 6.07) is 5.79. The van der Waals surface area contributed by atoms with E-state index in [1.165, 1.54) is 12.1 Å². The van der Waals surface area contributed by atoms with Crippen LogP contribution in [0.5, 0.6) is 34.5 Å². The monoisotopic (exact) mass is 338 g/mol. The van der Waals surface area contributed by atoms with E-state index in [1.807, 2.05) is 0 Å². The summed E-state index contributed by atoms with van der Waals surface area (Å²) in [6.45, 7) is 0. The molecule has 0 amide bonds. The predicted molar refractivity (Wildman–Crippen MR) is 76.0 cm³/mol. The topological polar surface area (TPSA) is 133 Å². The maximum Gasteiger partial charge on any atom is 0.410 e. The van der Waals surface area contributed by atoms with Gasteiger partial charge in [0.15, 0.2) is 17.2 Å². The van der Waals surface area contributed by atoms with Gasteiger partial charge in [-0.25, -0.2) is 0 Å². The summed E-state index contributed by atoms with van der Waals surface area (Å²) in [5.41, 5.74) is -0.0187. The minimum Gasteiger partial charge on any atom is -1.00 e. The predicted octanol–water partition coefficient (Wildman–Crippen LogP) is -0.381. The van der Waals surface area contributed by atoms with Gasteiger partial charge in [0.2, 0.25) is 5.75 Å². The average Bonchev–Trinajstić information content (AvgIpc) is 2.47. The normalized spacial score (nSPS) is 10.4. The molecule has 0 aliphatic rings. The summed E-state index contributed by atoms with van der Waals surface area (Å²) in [4.78, 5) is 0. The van der Waals surface area contributed by atoms with E-state index in [0.29, 0.717) is 0 Å². The van der Waals surface area contributed by atoms with Crippen LogP contribution in [0.4, 0.5) is 0 Å². The standard InChI is InChI=1S/C15H10O7.ClH/c16-8-2-1-6(3-10(8)18)14-12(20)4-7-9(17)5-11(19)13(21)15(7)22-14;/h1-5H,(H5-,16,17,18,19,20,21);1H. The van der Waals surface area contributed by atoms with E-state index >= 15 is 0 Å². The van der Waals surface area contributed by atoms with Crippen LogP contribution in [0.3, 0.4) is 0 Å². The molecule has 23 heavy (non-hydrogen) atoms. The molecule has 2 aromatic carbocycles. The zero-order valence-corrected chi connectivity index (χ0v) is 12.1. The van der Waals surface area contributed by atoms with Crippen molar-refractivity contribution in [3.8, 4) is 45.8 Å². The summed E-state index contributed by atoms with van der Waals surface area (Å²) in [5.74, 6) is -2.82. The Morgan fingerprint density at radius 3 is 2.00 bits per heavy atom. The molecule has 1 heterocycles. The van der Waals surface area contributed by atoms with Gasteiger partial charge in [-0.2, -0.15) is 4.42 Å². The first-order valence-corrected chi connectivity index (χ1v) is 6.14. The molecule has 0 radical (unpaired) electrons. The molecule has 6 N–H and O–H groups in total. The molecule has 120 valence electrons. The number of phenolic OH excluding ortho intramolecular Hbond substituents is 5. The van der Waals surface area contributed by atoms with Crippen molar-refractivity contribution in [1.29, 1.82) is 0 Å². The highest BCUT2D eigenvalue weighted by atomic mass is 35.5. The van der Waals surface area contributed by atoms with Gasteiger partial charge >= 0.3 is 11.3 Å². The minimum atomic E-state index is -0.600. The van der Waals surface area contributed by atoms with Crippen molar-refractivity contribution >= 4 is 11.0 Å². The molecule has 0 atom stereocenters. The van der Waals surface area contributed by atoms with E-state index in [2.05, 4.69) is 0 Å². The molecule has 0 fully saturated rings. The summed E-state index contributed by atoms with van der Waals surface area (Å²) >= 11 is 0. The van der Waals surface area contributed by atoms with Crippen LogP contribution in [0.15, 0.2) is 34.7 Å². The third-order valence-electron chi connectivity index (χ3n) is 3.21. The number of fused-ring (bicyclic) bond motifs is 1. The molecule has 0 aliphatic carbocycles. The van der Waals surface area contributed by atoms with Crippen LogP contribution in [0.25, 0.3) is 22.3 Å². The van der Waals surface area contributed by atoms with Crippen LogP contribution in [0.1, 0.15) is 0 Å². The second-order valence-electron chi connectivity index (χ2n) is 4.67. The van der Waals surface area contributed by atoms with Crippen LogP contribution in [0.2, 0.25) is 0 Å². The van der Waals surface area contributed by atoms with E-state index in [9.17, 15) is 30.6 Å². The van der Waals surface area contributed by atoms with E-state index in [1.54, 1.807) is 0 Å². The van der Waals surface area contributed by atoms with Crippen LogP contribution in [0, 0.1) is 0 Å². The number of benzene rings is 2. The quantitative estimate of drug-likeness (QED) is 0.202. The zero-order chi connectivity index (χ0) is 16.0. The number of phenols is 5. The molecule has 7 nitrogen and oxygen atoms in total. The third kappa shape index (κ3) is 2.58. The lowest BCUT2D eigenvalue weighted by Crippen LogP contribution is -3.00. The van der Waals surface area contributed by atoms with Gasteiger partial charge < -0.3 is 43.0 Å². The molecule has 0 unspecified atom stereocenters. The fourth-order valence-electron chi connectivity index (χ4n) is 2.11. The number of hydrogen-bond donors (Lipinski definition) is 6. The average molecular weight is 339 g/mol. The molecule has 0 aliphatic heterocycles. The summed E-state index contributed by atoms with van der Waals surface area (Å²) in [7, 11) is 0. The summed E-state index contributed by atoms with van der Waals surface area (Å²) < 4.78 is 5.35. The Labute approximate surface area is 135 Å². The Kier molecular flexibility index (Phi) is 3.98. The first kappa shape index (κ1) is 16.3. The highest BCUT2D eigenvalue weighted by molar-refractivity contribution is 5.93. The number of rotatable bonds is 1. The molecule has 3 rings (SSSR count). The van der Waals surface area contributed by atoms with Crippen LogP contribution in [-0.2, 0) is 0 Å². The summed E-state index contributed by atoms with van der Waals surface area (Å²) in [5, 5.41) is 57.9. The Morgan fingerprint density at radius 2 is 1.35 bits per heavy atom. The van der Waals surface area contributed by atoms with Crippen molar-refractivity contribution < 1.29 is 47.5 Å². The highest BCUT2D eigenvalue weighted by Gasteiger charge is 2.28. The first-order valence-electron chi connectivity index (χ1n) is 6.14. The second kappa shape index (κ2) is 5.62. The Bertz CT molecular complexity index is 908. The van der Waals surface area contributed by atoms with Gasteiger partial charge in [-0.1, -0.05) is 0 Å². The van der Waals surface area contributed by atoms with Gasteiger partial charge in [0.05, 0.1) is 5.56 Å². The lowest BCUT2D eigenvalue weighted by molar-refractivity contribution is -0.0000102. The third-order valence-corrected chi connectivity index (χ3v) is 3.21. The lowest BCUT2D eigenvalue weighted by atomic mass is 10.1.